The van der Waals surface area contributed by atoms with Crippen molar-refractivity contribution in [3.8, 4) is 0 Å². The van der Waals surface area contributed by atoms with Crippen LogP contribution in [0.1, 0.15) is 0 Å². The third-order valence-electron chi connectivity index (χ3n) is 0.188. The first-order valence-corrected chi connectivity index (χ1v) is 2.58. The van der Waals surface area contributed by atoms with E-state index in [2.05, 4.69) is 9.35 Å². The van der Waals surface area contributed by atoms with Crippen molar-refractivity contribution in [3.05, 3.63) is 0 Å². The summed E-state index contributed by atoms with van der Waals surface area (Å²) >= 11 is 0. The van der Waals surface area contributed by atoms with E-state index in [0.717, 1.165) is 0 Å². The molecule has 1 N–H and O–H groups in total. The quantitative estimate of drug-likeness (QED) is 0.208. The van der Waals surface area contributed by atoms with Gasteiger partial charge in [-0.05, 0) is 0 Å². The molecule has 0 aromatic heterocycles. The zero-order valence-electron chi connectivity index (χ0n) is 4.94. The van der Waals surface area contributed by atoms with E-state index < -0.39 is 7.82 Å². The molecule has 0 saturated carbocycles. The van der Waals surface area contributed by atoms with Gasteiger partial charge in [0, 0.05) is 0 Å². The van der Waals surface area contributed by atoms with Crippen LogP contribution in [0.2, 0.25) is 0 Å². The first-order valence-electron chi connectivity index (χ1n) is 1.08. The Hall–Kier alpha value is 3.30. The minimum Gasteiger partial charge on any atom is -0.714 e. The van der Waals surface area contributed by atoms with Gasteiger partial charge in [-0.25, -0.2) is 4.57 Å². The summed E-state index contributed by atoms with van der Waals surface area (Å²) in [6, 6.07) is 0. The van der Waals surface area contributed by atoms with E-state index in [1.54, 1.807) is 0 Å². The molecule has 0 rings (SSSR count). The predicted octanol–water partition coefficient (Wildman–Crippen LogP) is -8.32. The average molecular weight is 206 g/mol. The summed E-state index contributed by atoms with van der Waals surface area (Å²) in [6.45, 7) is 0. The van der Waals surface area contributed by atoms with Gasteiger partial charge in [0.2, 0.25) is 0 Å². The van der Waals surface area contributed by atoms with Crippen LogP contribution in [-0.2, 0) is 13.9 Å². The number of rotatable bonds is 2. The van der Waals surface area contributed by atoms with E-state index >= 15 is 0 Å². The topological polar surface area (TPSA) is 102 Å². The molecule has 44 valence electrons. The van der Waals surface area contributed by atoms with Crippen LogP contribution in [0, 0.1) is 0 Å². The summed E-state index contributed by atoms with van der Waals surface area (Å²) < 4.78 is 14.3. The maximum absolute atomic E-state index is 9.44. The Labute approximate surface area is 136 Å². The molecule has 0 saturated heterocycles. The molecule has 0 amide bonds. The molecule has 9 heteroatoms. The molecule has 0 aliphatic carbocycles. The van der Waals surface area contributed by atoms with Crippen LogP contribution < -0.4 is 113 Å². The molecule has 0 atom stereocenters. The van der Waals surface area contributed by atoms with Gasteiger partial charge in [-0.3, -0.25) is 0 Å². The second-order valence-corrected chi connectivity index (χ2v) is 1.85. The van der Waals surface area contributed by atoms with Crippen molar-refractivity contribution in [2.24, 2.45) is 0 Å². The Kier molecular flexibility index (Phi) is 19.0. The molecule has 0 aromatic rings. The van der Waals surface area contributed by atoms with E-state index in [1.807, 2.05) is 0 Å². The Morgan fingerprint density at radius 1 is 1.22 bits per heavy atom. The van der Waals surface area contributed by atoms with E-state index in [9.17, 15) is 4.57 Å². The second-order valence-electron chi connectivity index (χ2n) is 0.618. The molecule has 6 nitrogen and oxygen atoms in total. The molecule has 0 fully saturated rings. The monoisotopic (exact) mass is 206 g/mol. The molecule has 0 spiro atoms. The zero-order valence-corrected chi connectivity index (χ0v) is 12.1. The standard InChI is InChI=1S/2K.H3O6P/c;;1-5-7(3,4)6-2/h;;1-2H,(H,3,4)/q2*+1;/p-2. The van der Waals surface area contributed by atoms with Gasteiger partial charge >= 0.3 is 111 Å². The molecule has 0 heterocycles. The van der Waals surface area contributed by atoms with Crippen molar-refractivity contribution in [2.45, 2.75) is 0 Å². The molecule has 0 bridgehead atoms. The summed E-state index contributed by atoms with van der Waals surface area (Å²) in [4.78, 5) is 7.62. The van der Waals surface area contributed by atoms with Crippen LogP contribution in [0.4, 0.5) is 0 Å². The molecule has 0 aromatic carbocycles. The minimum absolute atomic E-state index is 0. The van der Waals surface area contributed by atoms with Gasteiger partial charge in [0.1, 0.15) is 0 Å². The normalized spacial score (nSPS) is 9.22. The summed E-state index contributed by atoms with van der Waals surface area (Å²) in [7, 11) is -4.77. The van der Waals surface area contributed by atoms with Gasteiger partial charge in [0.25, 0.3) is 0 Å². The fraction of sp³-hybridized carbons (Fsp3) is 0. The fourth-order valence-corrected chi connectivity index (χ4v) is 0.0373. The molecule has 0 radical (unpaired) electrons. The smallest absolute Gasteiger partial charge is 0.714 e. The summed E-state index contributed by atoms with van der Waals surface area (Å²) in [5.41, 5.74) is 0. The summed E-state index contributed by atoms with van der Waals surface area (Å²) in [5.74, 6) is 0. The summed E-state index contributed by atoms with van der Waals surface area (Å²) in [5, 5.41) is 17.7. The van der Waals surface area contributed by atoms with Gasteiger partial charge in [0.05, 0.1) is 0 Å². The maximum Gasteiger partial charge on any atom is 1.00 e. The third kappa shape index (κ3) is 11.3. The fourth-order valence-electron chi connectivity index (χ4n) is 0.0124. The van der Waals surface area contributed by atoms with E-state index in [4.69, 9.17) is 15.4 Å². The maximum atomic E-state index is 9.44. The van der Waals surface area contributed by atoms with Crippen molar-refractivity contribution >= 4 is 7.82 Å². The zero-order chi connectivity index (χ0) is 5.91. The van der Waals surface area contributed by atoms with E-state index in [-0.39, 0.29) is 103 Å². The molecule has 0 aliphatic heterocycles. The van der Waals surface area contributed by atoms with Crippen LogP contribution >= 0.6 is 7.82 Å². The number of hydrogen-bond donors (Lipinski definition) is 1. The van der Waals surface area contributed by atoms with E-state index in [0.29, 0.717) is 0 Å². The van der Waals surface area contributed by atoms with Crippen molar-refractivity contribution < 1.29 is 132 Å². The Morgan fingerprint density at radius 2 is 1.44 bits per heavy atom. The van der Waals surface area contributed by atoms with Gasteiger partial charge < -0.3 is 24.8 Å². The second kappa shape index (κ2) is 9.39. The Bertz CT molecular complexity index is 83.1. The average Bonchev–Trinajstić information content (AvgIpc) is 1.68. The van der Waals surface area contributed by atoms with E-state index in [1.165, 1.54) is 0 Å². The molecule has 0 aliphatic rings. The van der Waals surface area contributed by atoms with Gasteiger partial charge in [-0.15, -0.1) is 0 Å². The van der Waals surface area contributed by atoms with Crippen LogP contribution in [-0.4, -0.2) is 4.89 Å². The van der Waals surface area contributed by atoms with Crippen LogP contribution in [0.3, 0.4) is 0 Å². The SMILES string of the molecule is O=P(O)(O[O-])O[O-].[K+].[K+]. The first-order chi connectivity index (χ1) is 3.12. The molecular weight excluding hydrogens is 205 g/mol. The van der Waals surface area contributed by atoms with Crippen molar-refractivity contribution in [2.75, 3.05) is 0 Å². The van der Waals surface area contributed by atoms with Crippen LogP contribution in [0.5, 0.6) is 0 Å². The molecule has 0 unspecified atom stereocenters. The van der Waals surface area contributed by atoms with Crippen molar-refractivity contribution in [1.82, 2.24) is 0 Å². The van der Waals surface area contributed by atoms with Crippen molar-refractivity contribution in [1.29, 1.82) is 0 Å². The largest absolute Gasteiger partial charge is 1.00 e. The predicted molar refractivity (Wildman–Crippen MR) is 12.0 cm³/mol. The third-order valence-corrected chi connectivity index (χ3v) is 0.565. The Morgan fingerprint density at radius 3 is 1.44 bits per heavy atom. The number of phosphoric acid groups is 1. The molecular formula is HK2O6P. The number of hydrogen-bond acceptors (Lipinski definition) is 5. The first kappa shape index (κ1) is 18.2. The van der Waals surface area contributed by atoms with Crippen molar-refractivity contribution in [3.63, 3.8) is 0 Å². The van der Waals surface area contributed by atoms with Crippen LogP contribution in [0.25, 0.3) is 0 Å². The minimum atomic E-state index is -4.77. The van der Waals surface area contributed by atoms with Crippen LogP contribution in [0.15, 0.2) is 0 Å². The Balaban J connectivity index is -0.000000180. The summed E-state index contributed by atoms with van der Waals surface area (Å²) in [6.07, 6.45) is 0. The molecule has 9 heavy (non-hydrogen) atoms. The van der Waals surface area contributed by atoms with Gasteiger partial charge in [-0.2, -0.15) is 0 Å². The van der Waals surface area contributed by atoms with Gasteiger partial charge in [0.15, 0.2) is 0 Å². The van der Waals surface area contributed by atoms with Gasteiger partial charge in [-0.1, -0.05) is 0 Å².